The van der Waals surface area contributed by atoms with Crippen molar-refractivity contribution in [3.05, 3.63) is 12.7 Å². The molecule has 11 heavy (non-hydrogen) atoms. The summed E-state index contributed by atoms with van der Waals surface area (Å²) in [5.74, 6) is -0.492. The van der Waals surface area contributed by atoms with Gasteiger partial charge in [0, 0.05) is 6.08 Å². The lowest BCUT2D eigenvalue weighted by Gasteiger charge is -2.01. The fourth-order valence-corrected chi connectivity index (χ4v) is 0.417. The van der Waals surface area contributed by atoms with Crippen LogP contribution in [-0.2, 0) is 14.3 Å². The minimum atomic E-state index is -0.518. The van der Waals surface area contributed by atoms with Gasteiger partial charge in [-0.15, -0.1) is 0 Å². The second kappa shape index (κ2) is 7.21. The van der Waals surface area contributed by atoms with Crippen LogP contribution in [0, 0.1) is 0 Å². The number of hydrogen-bond donors (Lipinski definition) is 0. The Balaban J connectivity index is 3.01. The third-order valence-electron chi connectivity index (χ3n) is 0.860. The van der Waals surface area contributed by atoms with Gasteiger partial charge in [-0.25, -0.2) is 9.18 Å². The Bertz CT molecular complexity index is 125. The van der Waals surface area contributed by atoms with Gasteiger partial charge in [0.05, 0.1) is 13.2 Å². The van der Waals surface area contributed by atoms with E-state index in [0.29, 0.717) is 0 Å². The standard InChI is InChI=1S/C7H11FO3/c1-2-7(9)11-6-5-10-4-3-8/h2H,1,3-6H2. The smallest absolute Gasteiger partial charge is 0.330 e. The highest BCUT2D eigenvalue weighted by Gasteiger charge is 1.93. The number of halogens is 1. The normalized spacial score (nSPS) is 9.18. The lowest BCUT2D eigenvalue weighted by molar-refractivity contribution is -0.139. The Labute approximate surface area is 64.8 Å². The fourth-order valence-electron chi connectivity index (χ4n) is 0.417. The molecule has 0 rings (SSSR count). The van der Waals surface area contributed by atoms with Gasteiger partial charge in [-0.3, -0.25) is 0 Å². The number of alkyl halides is 1. The first-order chi connectivity index (χ1) is 5.31. The van der Waals surface area contributed by atoms with Gasteiger partial charge in [0.25, 0.3) is 0 Å². The van der Waals surface area contributed by atoms with Gasteiger partial charge in [0.1, 0.15) is 13.3 Å². The summed E-state index contributed by atoms with van der Waals surface area (Å²) in [5, 5.41) is 0. The van der Waals surface area contributed by atoms with E-state index in [2.05, 4.69) is 11.3 Å². The minimum Gasteiger partial charge on any atom is -0.460 e. The van der Waals surface area contributed by atoms with E-state index in [1.54, 1.807) is 0 Å². The van der Waals surface area contributed by atoms with E-state index in [9.17, 15) is 9.18 Å². The maximum atomic E-state index is 11.4. The van der Waals surface area contributed by atoms with E-state index in [1.807, 2.05) is 0 Å². The first kappa shape index (κ1) is 10.1. The molecule has 0 aromatic heterocycles. The molecule has 0 aliphatic rings. The van der Waals surface area contributed by atoms with Crippen LogP contribution in [0.25, 0.3) is 0 Å². The third-order valence-corrected chi connectivity index (χ3v) is 0.860. The van der Waals surface area contributed by atoms with Crippen molar-refractivity contribution in [2.75, 3.05) is 26.5 Å². The van der Waals surface area contributed by atoms with E-state index in [4.69, 9.17) is 4.74 Å². The minimum absolute atomic E-state index is 0.0473. The summed E-state index contributed by atoms with van der Waals surface area (Å²) in [6.07, 6.45) is 1.06. The average Bonchev–Trinajstić information content (AvgIpc) is 2.04. The first-order valence-electron chi connectivity index (χ1n) is 3.24. The van der Waals surface area contributed by atoms with Gasteiger partial charge < -0.3 is 9.47 Å². The van der Waals surface area contributed by atoms with Gasteiger partial charge in [-0.05, 0) is 0 Å². The predicted molar refractivity (Wildman–Crippen MR) is 38.0 cm³/mol. The van der Waals surface area contributed by atoms with Crippen LogP contribution in [0.1, 0.15) is 0 Å². The van der Waals surface area contributed by atoms with E-state index in [-0.39, 0.29) is 19.8 Å². The van der Waals surface area contributed by atoms with Crippen molar-refractivity contribution in [2.24, 2.45) is 0 Å². The number of carbonyl (C=O) groups excluding carboxylic acids is 1. The van der Waals surface area contributed by atoms with E-state index < -0.39 is 12.6 Å². The molecule has 3 nitrogen and oxygen atoms in total. The van der Waals surface area contributed by atoms with Crippen LogP contribution in [0.15, 0.2) is 12.7 Å². The summed E-state index contributed by atoms with van der Waals surface area (Å²) >= 11 is 0. The topological polar surface area (TPSA) is 35.5 Å². The van der Waals surface area contributed by atoms with Crippen molar-refractivity contribution < 1.29 is 18.7 Å². The van der Waals surface area contributed by atoms with Crippen LogP contribution in [0.4, 0.5) is 4.39 Å². The summed E-state index contributed by atoms with van der Waals surface area (Å²) in [4.78, 5) is 10.4. The lowest BCUT2D eigenvalue weighted by Crippen LogP contribution is -2.09. The van der Waals surface area contributed by atoms with Gasteiger partial charge in [-0.2, -0.15) is 0 Å². The molecule has 0 atom stereocenters. The Morgan fingerprint density at radius 1 is 1.45 bits per heavy atom. The number of carbonyl (C=O) groups is 1. The van der Waals surface area contributed by atoms with Gasteiger partial charge >= 0.3 is 5.97 Å². The van der Waals surface area contributed by atoms with E-state index in [1.165, 1.54) is 0 Å². The zero-order valence-corrected chi connectivity index (χ0v) is 6.22. The summed E-state index contributed by atoms with van der Waals surface area (Å²) in [6.45, 7) is 3.10. The molecule has 64 valence electrons. The second-order valence-electron chi connectivity index (χ2n) is 1.67. The molecule has 0 saturated heterocycles. The molecule has 0 saturated carbocycles. The molecule has 0 aliphatic heterocycles. The molecule has 0 bridgehead atoms. The molecule has 0 unspecified atom stereocenters. The quantitative estimate of drug-likeness (QED) is 0.327. The Morgan fingerprint density at radius 3 is 2.73 bits per heavy atom. The van der Waals surface area contributed by atoms with Crippen molar-refractivity contribution in [1.82, 2.24) is 0 Å². The highest BCUT2D eigenvalue weighted by atomic mass is 19.1. The first-order valence-corrected chi connectivity index (χ1v) is 3.24. The van der Waals surface area contributed by atoms with Crippen LogP contribution in [0.2, 0.25) is 0 Å². The van der Waals surface area contributed by atoms with Crippen LogP contribution >= 0.6 is 0 Å². The van der Waals surface area contributed by atoms with Crippen molar-refractivity contribution in [2.45, 2.75) is 0 Å². The number of hydrogen-bond acceptors (Lipinski definition) is 3. The second-order valence-corrected chi connectivity index (χ2v) is 1.67. The summed E-state index contributed by atoms with van der Waals surface area (Å²) in [5.41, 5.74) is 0. The molecule has 4 heteroatoms. The summed E-state index contributed by atoms with van der Waals surface area (Å²) < 4.78 is 20.6. The van der Waals surface area contributed by atoms with Crippen LogP contribution in [0.3, 0.4) is 0 Å². The molecule has 0 N–H and O–H groups in total. The molecule has 0 aromatic rings. The Morgan fingerprint density at radius 2 is 2.18 bits per heavy atom. The summed E-state index contributed by atoms with van der Waals surface area (Å²) in [7, 11) is 0. The number of esters is 1. The molecular formula is C7H11FO3. The number of ether oxygens (including phenoxy) is 2. The molecule has 0 aromatic carbocycles. The van der Waals surface area contributed by atoms with E-state index >= 15 is 0 Å². The molecule has 0 aliphatic carbocycles. The third kappa shape index (κ3) is 6.99. The number of rotatable bonds is 6. The lowest BCUT2D eigenvalue weighted by atomic mass is 10.6. The van der Waals surface area contributed by atoms with Gasteiger partial charge in [0.2, 0.25) is 0 Å². The molecule has 0 spiro atoms. The fraction of sp³-hybridized carbons (Fsp3) is 0.571. The van der Waals surface area contributed by atoms with Crippen molar-refractivity contribution in [3.63, 3.8) is 0 Å². The predicted octanol–water partition coefficient (Wildman–Crippen LogP) is 0.702. The molecular weight excluding hydrogens is 151 g/mol. The van der Waals surface area contributed by atoms with Crippen molar-refractivity contribution in [3.8, 4) is 0 Å². The van der Waals surface area contributed by atoms with Crippen LogP contribution in [-0.4, -0.2) is 32.5 Å². The highest BCUT2D eigenvalue weighted by molar-refractivity contribution is 5.81. The molecule has 0 heterocycles. The molecule has 0 fully saturated rings. The van der Waals surface area contributed by atoms with Crippen LogP contribution in [0.5, 0.6) is 0 Å². The monoisotopic (exact) mass is 162 g/mol. The molecule has 0 radical (unpaired) electrons. The highest BCUT2D eigenvalue weighted by Crippen LogP contribution is 1.81. The SMILES string of the molecule is C=CC(=O)OCCOCCF. The van der Waals surface area contributed by atoms with E-state index in [0.717, 1.165) is 6.08 Å². The molecule has 0 amide bonds. The van der Waals surface area contributed by atoms with Crippen molar-refractivity contribution >= 4 is 5.97 Å². The summed E-state index contributed by atoms with van der Waals surface area (Å²) in [6, 6.07) is 0. The average molecular weight is 162 g/mol. The van der Waals surface area contributed by atoms with Crippen LogP contribution < -0.4 is 0 Å². The maximum Gasteiger partial charge on any atom is 0.330 e. The largest absolute Gasteiger partial charge is 0.460 e. The Kier molecular flexibility index (Phi) is 6.62. The Hall–Kier alpha value is -0.900. The van der Waals surface area contributed by atoms with Crippen molar-refractivity contribution in [1.29, 1.82) is 0 Å². The van der Waals surface area contributed by atoms with Gasteiger partial charge in [0.15, 0.2) is 0 Å². The maximum absolute atomic E-state index is 11.4. The van der Waals surface area contributed by atoms with Gasteiger partial charge in [-0.1, -0.05) is 6.58 Å². The zero-order valence-electron chi connectivity index (χ0n) is 6.22. The zero-order chi connectivity index (χ0) is 8.53.